The number of hydrogen-bond donors (Lipinski definition) is 3. The molecule has 266 valence electrons. The van der Waals surface area contributed by atoms with Gasteiger partial charge in [0.25, 0.3) is 0 Å². The summed E-state index contributed by atoms with van der Waals surface area (Å²) in [5.41, 5.74) is 1.07. The van der Waals surface area contributed by atoms with Gasteiger partial charge < -0.3 is 25.4 Å². The molecule has 2 aromatic rings. The number of carboxylic acid groups (broad SMARTS) is 1. The van der Waals surface area contributed by atoms with Crippen molar-refractivity contribution in [3.8, 4) is 0 Å². The number of likely N-dealkylation sites (N-methyl/N-ethyl adjacent to an activating group) is 1. The summed E-state index contributed by atoms with van der Waals surface area (Å²) in [4.78, 5) is 63.6. The third-order valence-electron chi connectivity index (χ3n) is 8.20. The highest BCUT2D eigenvalue weighted by atomic mass is 32.2. The number of rotatable bonds is 15. The van der Waals surface area contributed by atoms with Crippen LogP contribution in [-0.4, -0.2) is 108 Å². The van der Waals surface area contributed by atoms with Crippen LogP contribution in [0.2, 0.25) is 0 Å². The first-order valence-electron chi connectivity index (χ1n) is 15.5. The average molecular weight is 699 g/mol. The van der Waals surface area contributed by atoms with Crippen molar-refractivity contribution >= 4 is 52.2 Å². The molecule has 1 aliphatic heterocycles. The van der Waals surface area contributed by atoms with Gasteiger partial charge in [-0.15, -0.1) is 0 Å². The maximum absolute atomic E-state index is 13.4. The van der Waals surface area contributed by atoms with Gasteiger partial charge >= 0.3 is 18.1 Å². The number of carbonyl (C=O) groups is 5. The number of fused-ring (bicyclic) bond motifs is 1. The predicted molar refractivity (Wildman–Crippen MR) is 177 cm³/mol. The van der Waals surface area contributed by atoms with Gasteiger partial charge in [-0.2, -0.15) is 24.9 Å². The van der Waals surface area contributed by atoms with E-state index in [1.807, 2.05) is 29.4 Å². The number of methoxy groups -OCH3 is 1. The van der Waals surface area contributed by atoms with E-state index in [4.69, 9.17) is 14.6 Å². The van der Waals surface area contributed by atoms with Crippen LogP contribution in [0, 0.1) is 5.92 Å². The normalized spacial score (nSPS) is 16.3. The molecule has 1 heterocycles. The quantitative estimate of drug-likeness (QED) is 0.236. The summed E-state index contributed by atoms with van der Waals surface area (Å²) in [6.45, 7) is 5.17. The maximum Gasteiger partial charge on any atom is 0.490 e. The smallest absolute Gasteiger partial charge is 0.475 e. The molecule has 0 spiro atoms. The molecule has 0 bridgehead atoms. The number of nitrogens with one attached hydrogen (secondary N) is 2. The number of thioether (sulfide) groups is 1. The molecule has 11 nitrogen and oxygen atoms in total. The molecule has 0 aromatic heterocycles. The van der Waals surface area contributed by atoms with E-state index in [0.29, 0.717) is 38.1 Å². The van der Waals surface area contributed by atoms with Gasteiger partial charge in [0.15, 0.2) is 0 Å². The topological polar surface area (TPSA) is 145 Å². The highest BCUT2D eigenvalue weighted by molar-refractivity contribution is 7.98. The van der Waals surface area contributed by atoms with E-state index in [0.717, 1.165) is 22.8 Å². The van der Waals surface area contributed by atoms with Crippen molar-refractivity contribution in [1.82, 2.24) is 20.4 Å². The number of carbonyl (C=O) groups excluding carboxylic acids is 4. The third kappa shape index (κ3) is 12.3. The number of alkyl halides is 3. The van der Waals surface area contributed by atoms with Crippen LogP contribution in [-0.2, 0) is 35.3 Å². The Morgan fingerprint density at radius 3 is 2.35 bits per heavy atom. The summed E-state index contributed by atoms with van der Waals surface area (Å²) in [5, 5.41) is 15.0. The molecular formula is C33H45F3N4O7S. The summed E-state index contributed by atoms with van der Waals surface area (Å²) in [6.07, 6.45) is -0.979. The lowest BCUT2D eigenvalue weighted by atomic mass is 9.96. The van der Waals surface area contributed by atoms with Crippen LogP contribution in [0.25, 0.3) is 10.8 Å². The van der Waals surface area contributed by atoms with Crippen molar-refractivity contribution in [2.24, 2.45) is 5.92 Å². The number of benzene rings is 2. The first kappa shape index (κ1) is 40.3. The molecule has 3 rings (SSSR count). The number of halogens is 3. The first-order valence-corrected chi connectivity index (χ1v) is 16.9. The van der Waals surface area contributed by atoms with Gasteiger partial charge in [-0.25, -0.2) is 9.59 Å². The first-order chi connectivity index (χ1) is 22.6. The van der Waals surface area contributed by atoms with Gasteiger partial charge in [-0.05, 0) is 47.1 Å². The zero-order chi connectivity index (χ0) is 36.0. The summed E-state index contributed by atoms with van der Waals surface area (Å²) in [6, 6.07) is 12.8. The minimum Gasteiger partial charge on any atom is -0.475 e. The van der Waals surface area contributed by atoms with Crippen LogP contribution in [0.1, 0.15) is 45.1 Å². The molecule has 0 unspecified atom stereocenters. The van der Waals surface area contributed by atoms with Crippen molar-refractivity contribution in [2.45, 2.75) is 70.4 Å². The van der Waals surface area contributed by atoms with Gasteiger partial charge in [0.05, 0.1) is 13.7 Å². The van der Waals surface area contributed by atoms with Gasteiger partial charge in [0, 0.05) is 32.6 Å². The zero-order valence-corrected chi connectivity index (χ0v) is 28.7. The highest BCUT2D eigenvalue weighted by Crippen LogP contribution is 2.23. The van der Waals surface area contributed by atoms with Gasteiger partial charge in [0.2, 0.25) is 17.7 Å². The standard InChI is InChI=1S/C31H44N4O5S.C2HF3O2/c1-6-21(2)27(34(3)30(38)25-14-15-28(36)32-25)19-35(18-23-12-9-11-22-10-7-8-13-24(22)23)20-29(37)33-26(16-17-41-5)31(39)40-4;3-2(4,5)1(6)7/h7-13,21,25-27H,6,14-20H2,1-5H3,(H,32,36)(H,33,37);(H,6,7)/t21-,25-,26-,27+;/m0./s1. The number of esters is 1. The molecule has 2 aromatic carbocycles. The van der Waals surface area contributed by atoms with E-state index in [-0.39, 0.29) is 36.2 Å². The predicted octanol–water partition coefficient (Wildman–Crippen LogP) is 3.84. The Hall–Kier alpha value is -3.85. The second-order valence-corrected chi connectivity index (χ2v) is 12.6. The number of amides is 3. The summed E-state index contributed by atoms with van der Waals surface area (Å²) < 4.78 is 36.7. The summed E-state index contributed by atoms with van der Waals surface area (Å²) >= 11 is 1.60. The number of nitrogens with zero attached hydrogens (tertiary/aromatic N) is 2. The van der Waals surface area contributed by atoms with E-state index in [1.54, 1.807) is 23.7 Å². The van der Waals surface area contributed by atoms with Gasteiger partial charge in [-0.3, -0.25) is 19.3 Å². The van der Waals surface area contributed by atoms with Gasteiger partial charge in [-0.1, -0.05) is 62.7 Å². The molecule has 48 heavy (non-hydrogen) atoms. The fraction of sp³-hybridized carbons (Fsp3) is 0.545. The fourth-order valence-electron chi connectivity index (χ4n) is 5.36. The molecule has 3 amide bonds. The minimum atomic E-state index is -5.08. The van der Waals surface area contributed by atoms with E-state index < -0.39 is 30.2 Å². The van der Waals surface area contributed by atoms with E-state index >= 15 is 0 Å². The minimum absolute atomic E-state index is 0.0467. The maximum atomic E-state index is 13.4. The van der Waals surface area contributed by atoms with Crippen LogP contribution in [0.15, 0.2) is 42.5 Å². The SMILES string of the molecule is CC[C@H](C)[C@@H](CN(CC(=O)N[C@@H](CCSC)C(=O)OC)Cc1cccc2ccccc12)N(C)C(=O)[C@@H]1CCC(=O)N1.O=C(O)C(F)(F)F. The molecule has 4 atom stereocenters. The fourth-order valence-corrected chi connectivity index (χ4v) is 5.83. The largest absolute Gasteiger partial charge is 0.490 e. The van der Waals surface area contributed by atoms with Crippen molar-refractivity contribution in [1.29, 1.82) is 0 Å². The molecule has 1 aliphatic rings. The Labute approximate surface area is 282 Å². The van der Waals surface area contributed by atoms with Crippen LogP contribution < -0.4 is 10.6 Å². The third-order valence-corrected chi connectivity index (χ3v) is 8.84. The molecule has 1 fully saturated rings. The Morgan fingerprint density at radius 1 is 1.15 bits per heavy atom. The summed E-state index contributed by atoms with van der Waals surface area (Å²) in [5.74, 6) is -2.86. The van der Waals surface area contributed by atoms with Crippen molar-refractivity contribution in [3.05, 3.63) is 48.0 Å². The monoisotopic (exact) mass is 698 g/mol. The lowest BCUT2D eigenvalue weighted by Gasteiger charge is -2.38. The number of ether oxygens (including phenoxy) is 1. The van der Waals surface area contributed by atoms with Crippen LogP contribution in [0.5, 0.6) is 0 Å². The summed E-state index contributed by atoms with van der Waals surface area (Å²) in [7, 11) is 3.11. The van der Waals surface area contributed by atoms with Gasteiger partial charge in [0.1, 0.15) is 12.1 Å². The molecule has 1 saturated heterocycles. The Morgan fingerprint density at radius 2 is 1.79 bits per heavy atom. The van der Waals surface area contributed by atoms with Crippen LogP contribution in [0.4, 0.5) is 13.2 Å². The lowest BCUT2D eigenvalue weighted by Crippen LogP contribution is -2.54. The Bertz CT molecular complexity index is 1410. The van der Waals surface area contributed by atoms with Crippen LogP contribution >= 0.6 is 11.8 Å². The number of hydrogen-bond acceptors (Lipinski definition) is 8. The number of aliphatic carboxylic acids is 1. The Kier molecular flexibility index (Phi) is 16.1. The number of carboxylic acids is 1. The Balaban J connectivity index is 0.00000103. The van der Waals surface area contributed by atoms with Crippen molar-refractivity contribution in [3.63, 3.8) is 0 Å². The van der Waals surface area contributed by atoms with E-state index in [9.17, 15) is 32.3 Å². The molecule has 15 heteroatoms. The van der Waals surface area contributed by atoms with E-state index in [2.05, 4.69) is 48.7 Å². The molecular weight excluding hydrogens is 653 g/mol. The molecule has 0 aliphatic carbocycles. The van der Waals surface area contributed by atoms with Crippen molar-refractivity contribution < 1.29 is 47.0 Å². The zero-order valence-electron chi connectivity index (χ0n) is 27.8. The molecule has 0 saturated carbocycles. The average Bonchev–Trinajstić information content (AvgIpc) is 3.50. The van der Waals surface area contributed by atoms with Crippen LogP contribution in [0.3, 0.4) is 0 Å². The lowest BCUT2D eigenvalue weighted by molar-refractivity contribution is -0.192. The second kappa shape index (κ2) is 19.2. The van der Waals surface area contributed by atoms with E-state index in [1.165, 1.54) is 7.11 Å². The highest BCUT2D eigenvalue weighted by Gasteiger charge is 2.38. The second-order valence-electron chi connectivity index (χ2n) is 11.6. The molecule has 3 N–H and O–H groups in total. The van der Waals surface area contributed by atoms with Crippen molar-refractivity contribution in [2.75, 3.05) is 39.3 Å². The molecule has 0 radical (unpaired) electrons.